The Kier molecular flexibility index (Phi) is 4.10. The lowest BCUT2D eigenvalue weighted by Gasteiger charge is -2.19. The van der Waals surface area contributed by atoms with Gasteiger partial charge in [-0.05, 0) is 56.5 Å². The van der Waals surface area contributed by atoms with Crippen LogP contribution in [0, 0.1) is 20.8 Å². The number of rotatable bonds is 4. The maximum atomic E-state index is 3.80. The van der Waals surface area contributed by atoms with Gasteiger partial charge in [-0.2, -0.15) is 0 Å². The van der Waals surface area contributed by atoms with Crippen LogP contribution in [0.25, 0.3) is 0 Å². The van der Waals surface area contributed by atoms with Crippen LogP contribution in [0.5, 0.6) is 0 Å². The van der Waals surface area contributed by atoms with Crippen molar-refractivity contribution < 1.29 is 0 Å². The summed E-state index contributed by atoms with van der Waals surface area (Å²) >= 11 is 0. The summed E-state index contributed by atoms with van der Waals surface area (Å²) in [6, 6.07) is 4.94. The van der Waals surface area contributed by atoms with Gasteiger partial charge in [-0.15, -0.1) is 6.58 Å². The van der Waals surface area contributed by atoms with Crippen LogP contribution in [0.4, 0.5) is 0 Å². The monoisotopic (exact) mass is 203 g/mol. The zero-order valence-electron chi connectivity index (χ0n) is 10.2. The molecule has 1 aromatic rings. The van der Waals surface area contributed by atoms with Crippen molar-refractivity contribution in [2.45, 2.75) is 33.2 Å². The van der Waals surface area contributed by atoms with Crippen LogP contribution in [0.2, 0.25) is 0 Å². The largest absolute Gasteiger partial charge is 0.313 e. The first kappa shape index (κ1) is 12.0. The van der Waals surface area contributed by atoms with Gasteiger partial charge in [0.15, 0.2) is 0 Å². The quantitative estimate of drug-likeness (QED) is 0.739. The highest BCUT2D eigenvalue weighted by Crippen LogP contribution is 2.23. The molecular formula is C14H21N. The normalized spacial score (nSPS) is 12.5. The van der Waals surface area contributed by atoms with Crippen LogP contribution in [0.3, 0.4) is 0 Å². The third kappa shape index (κ3) is 2.69. The van der Waals surface area contributed by atoms with E-state index in [0.717, 1.165) is 6.42 Å². The summed E-state index contributed by atoms with van der Waals surface area (Å²) < 4.78 is 0. The Bertz CT molecular complexity index is 353. The highest BCUT2D eigenvalue weighted by atomic mass is 14.9. The predicted molar refractivity (Wildman–Crippen MR) is 67.3 cm³/mol. The summed E-state index contributed by atoms with van der Waals surface area (Å²) in [6.07, 6.45) is 2.94. The predicted octanol–water partition coefficient (Wildman–Crippen LogP) is 3.45. The van der Waals surface area contributed by atoms with E-state index in [2.05, 4.69) is 44.8 Å². The molecule has 0 saturated carbocycles. The molecule has 0 bridgehead atoms. The first-order valence-electron chi connectivity index (χ1n) is 5.46. The lowest BCUT2D eigenvalue weighted by Crippen LogP contribution is -2.17. The Balaban J connectivity index is 3.11. The first-order chi connectivity index (χ1) is 7.10. The molecule has 1 rings (SSSR count). The zero-order valence-corrected chi connectivity index (χ0v) is 10.2. The number of aryl methyl sites for hydroxylation is 3. The minimum atomic E-state index is 0.391. The van der Waals surface area contributed by atoms with Gasteiger partial charge in [-0.1, -0.05) is 18.2 Å². The molecule has 1 N–H and O–H groups in total. The van der Waals surface area contributed by atoms with E-state index in [1.165, 1.54) is 22.3 Å². The third-order valence-corrected chi connectivity index (χ3v) is 3.01. The molecule has 0 heterocycles. The molecule has 0 aliphatic heterocycles. The van der Waals surface area contributed by atoms with Gasteiger partial charge < -0.3 is 5.32 Å². The molecule has 0 aromatic heterocycles. The summed E-state index contributed by atoms with van der Waals surface area (Å²) in [6.45, 7) is 10.3. The molecular weight excluding hydrogens is 182 g/mol. The molecule has 0 spiro atoms. The van der Waals surface area contributed by atoms with Gasteiger partial charge >= 0.3 is 0 Å². The van der Waals surface area contributed by atoms with Crippen LogP contribution in [0.15, 0.2) is 24.8 Å². The molecule has 0 fully saturated rings. The molecule has 0 amide bonds. The Morgan fingerprint density at radius 3 is 2.33 bits per heavy atom. The van der Waals surface area contributed by atoms with Crippen LogP contribution in [0.1, 0.15) is 34.7 Å². The minimum absolute atomic E-state index is 0.391. The van der Waals surface area contributed by atoms with E-state index in [4.69, 9.17) is 0 Å². The molecule has 0 aliphatic rings. The van der Waals surface area contributed by atoms with Crippen molar-refractivity contribution in [1.82, 2.24) is 5.32 Å². The molecule has 82 valence electrons. The lowest BCUT2D eigenvalue weighted by molar-refractivity contribution is 0.600. The van der Waals surface area contributed by atoms with Crippen molar-refractivity contribution >= 4 is 0 Å². The van der Waals surface area contributed by atoms with E-state index in [1.54, 1.807) is 0 Å². The Morgan fingerprint density at radius 1 is 1.20 bits per heavy atom. The molecule has 1 unspecified atom stereocenters. The molecule has 1 heteroatoms. The van der Waals surface area contributed by atoms with Crippen LogP contribution >= 0.6 is 0 Å². The van der Waals surface area contributed by atoms with Gasteiger partial charge in [0.1, 0.15) is 0 Å². The van der Waals surface area contributed by atoms with Crippen molar-refractivity contribution in [3.63, 3.8) is 0 Å². The molecule has 0 radical (unpaired) electrons. The van der Waals surface area contributed by atoms with Crippen molar-refractivity contribution in [2.75, 3.05) is 7.05 Å². The van der Waals surface area contributed by atoms with Gasteiger partial charge in [0.25, 0.3) is 0 Å². The summed E-state index contributed by atoms with van der Waals surface area (Å²) in [5.74, 6) is 0. The van der Waals surface area contributed by atoms with Gasteiger partial charge in [-0.3, -0.25) is 0 Å². The maximum absolute atomic E-state index is 3.80. The van der Waals surface area contributed by atoms with Crippen LogP contribution < -0.4 is 5.32 Å². The molecule has 1 atom stereocenters. The van der Waals surface area contributed by atoms with E-state index >= 15 is 0 Å². The van der Waals surface area contributed by atoms with Crippen LogP contribution in [-0.4, -0.2) is 7.05 Å². The second kappa shape index (κ2) is 5.13. The SMILES string of the molecule is C=CCC(NC)c1cc(C)c(C)cc1C. The van der Waals surface area contributed by atoms with Crippen molar-refractivity contribution in [3.8, 4) is 0 Å². The van der Waals surface area contributed by atoms with E-state index in [9.17, 15) is 0 Å². The van der Waals surface area contributed by atoms with Gasteiger partial charge in [0.05, 0.1) is 0 Å². The average molecular weight is 203 g/mol. The lowest BCUT2D eigenvalue weighted by atomic mass is 9.94. The number of benzene rings is 1. The summed E-state index contributed by atoms with van der Waals surface area (Å²) in [5, 5.41) is 3.34. The maximum Gasteiger partial charge on any atom is 0.0355 e. The first-order valence-corrected chi connectivity index (χ1v) is 5.46. The molecule has 1 nitrogen and oxygen atoms in total. The number of nitrogens with one attached hydrogen (secondary N) is 1. The number of hydrogen-bond donors (Lipinski definition) is 1. The Hall–Kier alpha value is -1.08. The molecule has 15 heavy (non-hydrogen) atoms. The minimum Gasteiger partial charge on any atom is -0.313 e. The fraction of sp³-hybridized carbons (Fsp3) is 0.429. The standard InChI is InChI=1S/C14H21N/c1-6-7-14(15-5)13-9-11(3)10(2)8-12(13)4/h6,8-9,14-15H,1,7H2,2-5H3. The van der Waals surface area contributed by atoms with Crippen molar-refractivity contribution in [2.24, 2.45) is 0 Å². The topological polar surface area (TPSA) is 12.0 Å². The summed E-state index contributed by atoms with van der Waals surface area (Å²) in [4.78, 5) is 0. The Labute approximate surface area is 93.2 Å². The van der Waals surface area contributed by atoms with E-state index in [-0.39, 0.29) is 0 Å². The van der Waals surface area contributed by atoms with Crippen molar-refractivity contribution in [3.05, 3.63) is 47.0 Å². The second-order valence-electron chi connectivity index (χ2n) is 4.16. The fourth-order valence-electron chi connectivity index (χ4n) is 1.93. The van der Waals surface area contributed by atoms with Gasteiger partial charge in [-0.25, -0.2) is 0 Å². The smallest absolute Gasteiger partial charge is 0.0355 e. The molecule has 1 aromatic carbocycles. The van der Waals surface area contributed by atoms with Crippen molar-refractivity contribution in [1.29, 1.82) is 0 Å². The number of hydrogen-bond acceptors (Lipinski definition) is 1. The van der Waals surface area contributed by atoms with Gasteiger partial charge in [0, 0.05) is 6.04 Å². The average Bonchev–Trinajstić information content (AvgIpc) is 2.20. The highest BCUT2D eigenvalue weighted by Gasteiger charge is 2.11. The molecule has 0 aliphatic carbocycles. The van der Waals surface area contributed by atoms with E-state index in [1.807, 2.05) is 13.1 Å². The van der Waals surface area contributed by atoms with Gasteiger partial charge in [0.2, 0.25) is 0 Å². The highest BCUT2D eigenvalue weighted by molar-refractivity contribution is 5.38. The second-order valence-corrected chi connectivity index (χ2v) is 4.16. The molecule has 0 saturated heterocycles. The van der Waals surface area contributed by atoms with E-state index < -0.39 is 0 Å². The van der Waals surface area contributed by atoms with E-state index in [0.29, 0.717) is 6.04 Å². The van der Waals surface area contributed by atoms with Crippen LogP contribution in [-0.2, 0) is 0 Å². The Morgan fingerprint density at radius 2 is 1.80 bits per heavy atom. The summed E-state index contributed by atoms with van der Waals surface area (Å²) in [5.41, 5.74) is 5.48. The summed E-state index contributed by atoms with van der Waals surface area (Å²) in [7, 11) is 2.00. The zero-order chi connectivity index (χ0) is 11.4. The fourth-order valence-corrected chi connectivity index (χ4v) is 1.93. The third-order valence-electron chi connectivity index (χ3n) is 3.01.